The van der Waals surface area contributed by atoms with Crippen molar-refractivity contribution in [2.75, 3.05) is 0 Å². The summed E-state index contributed by atoms with van der Waals surface area (Å²) >= 11 is 1.51. The number of carbonyl (C=O) groups excluding carboxylic acids is 1. The molecule has 0 radical (unpaired) electrons. The number of amides is 1. The topological polar surface area (TPSA) is 59.8 Å². The highest BCUT2D eigenvalue weighted by atomic mass is 32.2. The van der Waals surface area contributed by atoms with Gasteiger partial charge in [-0.15, -0.1) is 10.2 Å². The molecule has 2 heterocycles. The van der Waals surface area contributed by atoms with Gasteiger partial charge in [-0.25, -0.2) is 0 Å². The molecule has 0 aliphatic carbocycles. The van der Waals surface area contributed by atoms with Crippen LogP contribution in [0, 0.1) is 0 Å². The van der Waals surface area contributed by atoms with Gasteiger partial charge >= 0.3 is 0 Å². The molecule has 1 aliphatic heterocycles. The molecule has 2 atom stereocenters. The lowest BCUT2D eigenvalue weighted by Gasteiger charge is -2.21. The van der Waals surface area contributed by atoms with E-state index in [9.17, 15) is 4.79 Å². The van der Waals surface area contributed by atoms with Gasteiger partial charge in [0.1, 0.15) is 5.82 Å². The Morgan fingerprint density at radius 2 is 2.04 bits per heavy atom. The molecule has 0 spiro atoms. The first-order valence-electron chi connectivity index (χ1n) is 9.63. The molecule has 0 saturated heterocycles. The van der Waals surface area contributed by atoms with E-state index in [0.717, 1.165) is 48.8 Å². The van der Waals surface area contributed by atoms with Gasteiger partial charge in [-0.05, 0) is 31.7 Å². The van der Waals surface area contributed by atoms with Gasteiger partial charge in [0.15, 0.2) is 5.16 Å². The first-order chi connectivity index (χ1) is 12.7. The second kappa shape index (κ2) is 9.21. The second-order valence-corrected chi connectivity index (χ2v) is 8.19. The molecule has 5 nitrogen and oxygen atoms in total. The van der Waals surface area contributed by atoms with Crippen LogP contribution in [0.15, 0.2) is 35.5 Å². The Labute approximate surface area is 160 Å². The number of thioether (sulfide) groups is 1. The van der Waals surface area contributed by atoms with E-state index < -0.39 is 0 Å². The predicted octanol–water partition coefficient (Wildman–Crippen LogP) is 4.14. The maximum atomic E-state index is 12.8. The van der Waals surface area contributed by atoms with Gasteiger partial charge in [0.25, 0.3) is 0 Å². The molecule has 26 heavy (non-hydrogen) atoms. The first-order valence-corrected chi connectivity index (χ1v) is 10.5. The summed E-state index contributed by atoms with van der Waals surface area (Å²) < 4.78 is 2.20. The maximum Gasteiger partial charge on any atom is 0.233 e. The lowest BCUT2D eigenvalue weighted by Crippen LogP contribution is -2.34. The van der Waals surface area contributed by atoms with Crippen LogP contribution in [-0.4, -0.2) is 25.9 Å². The summed E-state index contributed by atoms with van der Waals surface area (Å²) in [5.41, 5.74) is 1.16. The molecule has 1 aromatic carbocycles. The van der Waals surface area contributed by atoms with Crippen LogP contribution in [-0.2, 0) is 17.8 Å². The minimum atomic E-state index is -0.199. The number of nitrogens with one attached hydrogen (secondary N) is 1. The minimum absolute atomic E-state index is 0.0586. The van der Waals surface area contributed by atoms with Gasteiger partial charge in [-0.3, -0.25) is 4.79 Å². The molecule has 1 N–H and O–H groups in total. The molecule has 3 rings (SSSR count). The number of rotatable bonds is 7. The lowest BCUT2D eigenvalue weighted by molar-refractivity contribution is -0.121. The number of benzene rings is 1. The van der Waals surface area contributed by atoms with Crippen molar-refractivity contribution in [3.05, 3.63) is 41.7 Å². The third-order valence-electron chi connectivity index (χ3n) is 4.82. The first kappa shape index (κ1) is 19.0. The highest BCUT2D eigenvalue weighted by Crippen LogP contribution is 2.26. The zero-order valence-corrected chi connectivity index (χ0v) is 16.5. The average Bonchev–Trinajstić information content (AvgIpc) is 2.88. The summed E-state index contributed by atoms with van der Waals surface area (Å²) in [6.45, 7) is 5.06. The normalized spacial score (nSPS) is 16.4. The molecule has 1 aromatic heterocycles. The molecular formula is C20H28N4OS. The fourth-order valence-corrected chi connectivity index (χ4v) is 4.25. The van der Waals surface area contributed by atoms with E-state index in [1.54, 1.807) is 0 Å². The van der Waals surface area contributed by atoms with Crippen molar-refractivity contribution in [1.82, 2.24) is 20.1 Å². The van der Waals surface area contributed by atoms with Crippen molar-refractivity contribution in [3.8, 4) is 0 Å². The van der Waals surface area contributed by atoms with Crippen LogP contribution >= 0.6 is 11.8 Å². The fourth-order valence-electron chi connectivity index (χ4n) is 3.34. The van der Waals surface area contributed by atoms with Gasteiger partial charge < -0.3 is 9.88 Å². The summed E-state index contributed by atoms with van der Waals surface area (Å²) in [5, 5.41) is 12.6. The van der Waals surface area contributed by atoms with Crippen LogP contribution in [0.5, 0.6) is 0 Å². The quantitative estimate of drug-likeness (QED) is 0.742. The smallest absolute Gasteiger partial charge is 0.233 e. The Kier molecular flexibility index (Phi) is 6.72. The molecule has 0 bridgehead atoms. The fraction of sp³-hybridized carbons (Fsp3) is 0.550. The van der Waals surface area contributed by atoms with Crippen LogP contribution in [0.3, 0.4) is 0 Å². The summed E-state index contributed by atoms with van der Waals surface area (Å²) in [5.74, 6) is 1.12. The summed E-state index contributed by atoms with van der Waals surface area (Å²) in [6.07, 6.45) is 6.52. The van der Waals surface area contributed by atoms with Crippen LogP contribution in [0.1, 0.15) is 63.4 Å². The summed E-state index contributed by atoms with van der Waals surface area (Å²) in [4.78, 5) is 12.8. The van der Waals surface area contributed by atoms with Gasteiger partial charge in [0, 0.05) is 13.0 Å². The Balaban J connectivity index is 1.65. The minimum Gasteiger partial charge on any atom is -0.348 e. The van der Waals surface area contributed by atoms with Gasteiger partial charge in [0.2, 0.25) is 5.91 Å². The molecule has 0 unspecified atom stereocenters. The average molecular weight is 373 g/mol. The SMILES string of the molecule is CCC[C@H](NC(=O)[C@H](C)Sc1nnc2n1CCCCC2)c1ccccc1. The number of nitrogens with zero attached hydrogens (tertiary/aromatic N) is 3. The number of aromatic nitrogens is 3. The Bertz CT molecular complexity index is 716. The standard InChI is InChI=1S/C20H28N4OS/c1-3-10-17(16-11-6-4-7-12-16)21-19(25)15(2)26-20-23-22-18-13-8-5-9-14-24(18)20/h4,6-7,11-12,15,17H,3,5,8-10,13-14H2,1-2H3,(H,21,25)/t15-,17-/m0/s1. The summed E-state index contributed by atoms with van der Waals surface area (Å²) in [7, 11) is 0. The molecule has 0 saturated carbocycles. The molecule has 1 amide bonds. The largest absolute Gasteiger partial charge is 0.348 e. The van der Waals surface area contributed by atoms with Crippen LogP contribution in [0.4, 0.5) is 0 Å². The van der Waals surface area contributed by atoms with Gasteiger partial charge in [-0.1, -0.05) is 61.9 Å². The molecule has 0 fully saturated rings. The van der Waals surface area contributed by atoms with E-state index in [-0.39, 0.29) is 17.2 Å². The molecule has 6 heteroatoms. The Morgan fingerprint density at radius 3 is 2.81 bits per heavy atom. The molecular weight excluding hydrogens is 344 g/mol. The van der Waals surface area contributed by atoms with E-state index in [1.165, 1.54) is 24.6 Å². The highest BCUT2D eigenvalue weighted by molar-refractivity contribution is 8.00. The second-order valence-electron chi connectivity index (χ2n) is 6.88. The van der Waals surface area contributed by atoms with E-state index in [2.05, 4.69) is 39.1 Å². The number of hydrogen-bond acceptors (Lipinski definition) is 4. The molecule has 140 valence electrons. The van der Waals surface area contributed by atoms with Gasteiger partial charge in [-0.2, -0.15) is 0 Å². The number of hydrogen-bond donors (Lipinski definition) is 1. The van der Waals surface area contributed by atoms with Crippen LogP contribution in [0.25, 0.3) is 0 Å². The third kappa shape index (κ3) is 4.67. The van der Waals surface area contributed by atoms with E-state index in [4.69, 9.17) is 0 Å². The van der Waals surface area contributed by atoms with Crippen molar-refractivity contribution in [3.63, 3.8) is 0 Å². The van der Waals surface area contributed by atoms with E-state index in [1.807, 2.05) is 25.1 Å². The molecule has 2 aromatic rings. The van der Waals surface area contributed by atoms with Crippen molar-refractivity contribution in [2.24, 2.45) is 0 Å². The van der Waals surface area contributed by atoms with Gasteiger partial charge in [0.05, 0.1) is 11.3 Å². The summed E-state index contributed by atoms with van der Waals surface area (Å²) in [6, 6.07) is 10.3. The Hall–Kier alpha value is -1.82. The monoisotopic (exact) mass is 372 g/mol. The van der Waals surface area contributed by atoms with E-state index in [0.29, 0.717) is 0 Å². The van der Waals surface area contributed by atoms with Crippen molar-refractivity contribution >= 4 is 17.7 Å². The number of fused-ring (bicyclic) bond motifs is 1. The van der Waals surface area contributed by atoms with Crippen molar-refractivity contribution < 1.29 is 4.79 Å². The highest BCUT2D eigenvalue weighted by Gasteiger charge is 2.23. The zero-order valence-electron chi connectivity index (χ0n) is 15.6. The van der Waals surface area contributed by atoms with Crippen molar-refractivity contribution in [2.45, 2.75) is 75.4 Å². The van der Waals surface area contributed by atoms with Crippen LogP contribution < -0.4 is 5.32 Å². The predicted molar refractivity (Wildman–Crippen MR) is 105 cm³/mol. The third-order valence-corrected chi connectivity index (χ3v) is 5.90. The number of aryl methyl sites for hydroxylation is 1. The maximum absolute atomic E-state index is 12.8. The van der Waals surface area contributed by atoms with E-state index >= 15 is 0 Å². The lowest BCUT2D eigenvalue weighted by atomic mass is 10.0. The zero-order chi connectivity index (χ0) is 18.4. The molecule has 1 aliphatic rings. The van der Waals surface area contributed by atoms with Crippen molar-refractivity contribution in [1.29, 1.82) is 0 Å². The number of carbonyl (C=O) groups is 1. The Morgan fingerprint density at radius 1 is 1.23 bits per heavy atom. The van der Waals surface area contributed by atoms with Crippen LogP contribution in [0.2, 0.25) is 0 Å².